The molecule has 7 nitrogen and oxygen atoms in total. The fourth-order valence-corrected chi connectivity index (χ4v) is 4.81. The van der Waals surface area contributed by atoms with Crippen LogP contribution in [-0.4, -0.2) is 33.3 Å². The Hall–Kier alpha value is -3.39. The molecule has 1 unspecified atom stereocenters. The van der Waals surface area contributed by atoms with Gasteiger partial charge in [0.1, 0.15) is 11.5 Å². The van der Waals surface area contributed by atoms with Crippen molar-refractivity contribution < 1.29 is 23.8 Å². The number of thiazole rings is 1. The number of aryl methyl sites for hydroxylation is 2. The van der Waals surface area contributed by atoms with Crippen molar-refractivity contribution in [1.29, 1.82) is 0 Å². The lowest BCUT2D eigenvalue weighted by molar-refractivity contribution is -0.130. The minimum absolute atomic E-state index is 0.0454. The van der Waals surface area contributed by atoms with Crippen LogP contribution in [0.4, 0.5) is 0 Å². The second-order valence-electron chi connectivity index (χ2n) is 7.93. The number of rotatable bonds is 9. The second-order valence-corrected chi connectivity index (χ2v) is 9.13. The Balaban J connectivity index is 1.77. The highest BCUT2D eigenvalue weighted by atomic mass is 32.1. The first-order valence-corrected chi connectivity index (χ1v) is 11.7. The number of nitrogens with zero attached hydrogens (tertiary/aromatic N) is 2. The molecule has 1 N–H and O–H groups in total. The number of amides is 1. The number of ether oxygens (including phenoxy) is 1. The van der Waals surface area contributed by atoms with E-state index in [0.717, 1.165) is 17.8 Å². The summed E-state index contributed by atoms with van der Waals surface area (Å²) in [5, 5.41) is 11.6. The molecule has 0 saturated carbocycles. The molecule has 0 spiro atoms. The van der Waals surface area contributed by atoms with Crippen molar-refractivity contribution in [3.63, 3.8) is 0 Å². The summed E-state index contributed by atoms with van der Waals surface area (Å²) in [6.45, 7) is 6.35. The number of furan rings is 1. The first-order valence-electron chi connectivity index (χ1n) is 10.9. The molecule has 0 fully saturated rings. The fraction of sp³-hybridized carbons (Fsp3) is 0.320. The maximum atomic E-state index is 13.6. The van der Waals surface area contributed by atoms with Crippen LogP contribution in [0.15, 0.2) is 58.4 Å². The minimum atomic E-state index is -0.786. The lowest BCUT2D eigenvalue weighted by atomic mass is 9.95. The van der Waals surface area contributed by atoms with E-state index in [1.807, 2.05) is 31.2 Å². The zero-order chi connectivity index (χ0) is 23.5. The van der Waals surface area contributed by atoms with Gasteiger partial charge in [-0.2, -0.15) is 0 Å². The van der Waals surface area contributed by atoms with Crippen molar-refractivity contribution in [2.45, 2.75) is 46.2 Å². The van der Waals surface area contributed by atoms with Crippen molar-refractivity contribution in [3.8, 4) is 5.75 Å². The third kappa shape index (κ3) is 4.57. The molecule has 1 aliphatic heterocycles. The smallest absolute Gasteiger partial charge is 0.290 e. The monoisotopic (exact) mass is 466 g/mol. The molecule has 33 heavy (non-hydrogen) atoms. The van der Waals surface area contributed by atoms with Gasteiger partial charge in [0, 0.05) is 0 Å². The van der Waals surface area contributed by atoms with Crippen molar-refractivity contribution in [1.82, 2.24) is 9.88 Å². The quantitative estimate of drug-likeness (QED) is 0.339. The average molecular weight is 467 g/mol. The molecule has 0 bridgehead atoms. The molecule has 1 amide bonds. The van der Waals surface area contributed by atoms with Crippen LogP contribution in [0.5, 0.6) is 5.75 Å². The number of aromatic nitrogens is 1. The number of unbranched alkanes of at least 4 members (excludes halogenated alkanes) is 1. The van der Waals surface area contributed by atoms with Crippen LogP contribution >= 0.6 is 11.3 Å². The Labute approximate surface area is 196 Å². The summed E-state index contributed by atoms with van der Waals surface area (Å²) in [4.78, 5) is 32.9. The Morgan fingerprint density at radius 3 is 2.76 bits per heavy atom. The maximum absolute atomic E-state index is 13.6. The summed E-state index contributed by atoms with van der Waals surface area (Å²) < 4.78 is 11.3. The van der Waals surface area contributed by atoms with Crippen LogP contribution < -0.4 is 4.74 Å². The van der Waals surface area contributed by atoms with E-state index in [1.165, 1.54) is 22.5 Å². The van der Waals surface area contributed by atoms with Crippen molar-refractivity contribution in [2.24, 2.45) is 0 Å². The van der Waals surface area contributed by atoms with Crippen molar-refractivity contribution >= 4 is 23.0 Å². The molecule has 172 valence electrons. The summed E-state index contributed by atoms with van der Waals surface area (Å²) in [5.74, 6) is -0.354. The maximum Gasteiger partial charge on any atom is 0.290 e. The Morgan fingerprint density at radius 2 is 2.09 bits per heavy atom. The van der Waals surface area contributed by atoms with Gasteiger partial charge < -0.3 is 19.2 Å². The molecule has 0 aliphatic carbocycles. The van der Waals surface area contributed by atoms with Crippen LogP contribution in [-0.2, 0) is 11.3 Å². The number of hydrogen-bond acceptors (Lipinski definition) is 7. The van der Waals surface area contributed by atoms with Crippen LogP contribution in [0.3, 0.4) is 0 Å². The molecule has 8 heteroatoms. The van der Waals surface area contributed by atoms with E-state index in [1.54, 1.807) is 19.1 Å². The van der Waals surface area contributed by atoms with E-state index in [4.69, 9.17) is 9.15 Å². The van der Waals surface area contributed by atoms with E-state index in [9.17, 15) is 14.7 Å². The van der Waals surface area contributed by atoms with Gasteiger partial charge in [-0.3, -0.25) is 9.59 Å². The SMILES string of the molecule is CCCCOc1cccc(C2C(C(=O)c3sc(C)nc3C)=C(O)C(=O)N2Cc2ccco2)c1. The Bertz CT molecular complexity index is 1200. The molecule has 2 aromatic heterocycles. The van der Waals surface area contributed by atoms with E-state index in [2.05, 4.69) is 11.9 Å². The number of Topliss-reactive ketones (excluding diaryl/α,β-unsaturated/α-hetero) is 1. The van der Waals surface area contributed by atoms with Crippen LogP contribution in [0.1, 0.15) is 57.5 Å². The van der Waals surface area contributed by atoms with Gasteiger partial charge in [-0.15, -0.1) is 11.3 Å². The highest BCUT2D eigenvalue weighted by molar-refractivity contribution is 7.14. The molecule has 4 rings (SSSR count). The summed E-state index contributed by atoms with van der Waals surface area (Å²) in [7, 11) is 0. The second kappa shape index (κ2) is 9.62. The average Bonchev–Trinajstić information content (AvgIpc) is 3.49. The third-order valence-electron chi connectivity index (χ3n) is 5.50. The lowest BCUT2D eigenvalue weighted by Crippen LogP contribution is -2.30. The number of ketones is 1. The number of aliphatic hydroxyl groups excluding tert-OH is 1. The normalized spacial score (nSPS) is 16.0. The van der Waals surface area contributed by atoms with Gasteiger partial charge in [0.15, 0.2) is 5.76 Å². The number of aliphatic hydroxyl groups is 1. The Kier molecular flexibility index (Phi) is 6.65. The van der Waals surface area contributed by atoms with E-state index in [-0.39, 0.29) is 12.1 Å². The Morgan fingerprint density at radius 1 is 1.27 bits per heavy atom. The van der Waals surface area contributed by atoms with Gasteiger partial charge in [-0.05, 0) is 50.1 Å². The molecule has 1 atom stereocenters. The molecule has 1 aliphatic rings. The number of hydrogen-bond donors (Lipinski definition) is 1. The van der Waals surface area contributed by atoms with Crippen LogP contribution in [0.2, 0.25) is 0 Å². The molecule has 3 heterocycles. The largest absolute Gasteiger partial charge is 0.503 e. The molecule has 0 saturated heterocycles. The zero-order valence-corrected chi connectivity index (χ0v) is 19.6. The van der Waals surface area contributed by atoms with Crippen LogP contribution in [0, 0.1) is 13.8 Å². The van der Waals surface area contributed by atoms with Gasteiger partial charge in [-0.1, -0.05) is 25.5 Å². The van der Waals surface area contributed by atoms with E-state index < -0.39 is 23.5 Å². The van der Waals surface area contributed by atoms with Crippen molar-refractivity contribution in [2.75, 3.05) is 6.61 Å². The highest BCUT2D eigenvalue weighted by Gasteiger charge is 2.44. The molecule has 0 radical (unpaired) electrons. The first kappa shape index (κ1) is 22.8. The van der Waals surface area contributed by atoms with Gasteiger partial charge in [0.05, 0.1) is 46.6 Å². The topological polar surface area (TPSA) is 92.9 Å². The lowest BCUT2D eigenvalue weighted by Gasteiger charge is -2.26. The van der Waals surface area contributed by atoms with E-state index in [0.29, 0.717) is 34.3 Å². The standard InChI is InChI=1S/C25H26N2O5S/c1-4-5-11-31-18-9-6-8-17(13-18)21-20(22(28)24-15(2)26-16(3)33-24)23(29)25(30)27(21)14-19-10-7-12-32-19/h6-10,12-13,21,29H,4-5,11,14H2,1-3H3. The molecular formula is C25H26N2O5S. The summed E-state index contributed by atoms with van der Waals surface area (Å²) >= 11 is 1.25. The fourth-order valence-electron chi connectivity index (χ4n) is 3.94. The predicted octanol–water partition coefficient (Wildman–Crippen LogP) is 5.31. The zero-order valence-electron chi connectivity index (χ0n) is 18.8. The third-order valence-corrected chi connectivity index (χ3v) is 6.58. The number of carbonyl (C=O) groups excluding carboxylic acids is 2. The minimum Gasteiger partial charge on any atom is -0.503 e. The molecule has 1 aromatic carbocycles. The number of carbonyl (C=O) groups is 2. The van der Waals surface area contributed by atoms with E-state index >= 15 is 0 Å². The van der Waals surface area contributed by atoms with Crippen LogP contribution in [0.25, 0.3) is 0 Å². The predicted molar refractivity (Wildman–Crippen MR) is 124 cm³/mol. The highest BCUT2D eigenvalue weighted by Crippen LogP contribution is 2.41. The van der Waals surface area contributed by atoms with Gasteiger partial charge >= 0.3 is 0 Å². The summed E-state index contributed by atoms with van der Waals surface area (Å²) in [6, 6.07) is 10.0. The molecular weight excluding hydrogens is 440 g/mol. The van der Waals surface area contributed by atoms with Gasteiger partial charge in [0.25, 0.3) is 5.91 Å². The van der Waals surface area contributed by atoms with Gasteiger partial charge in [0.2, 0.25) is 5.78 Å². The summed E-state index contributed by atoms with van der Waals surface area (Å²) in [6.07, 6.45) is 3.46. The van der Waals surface area contributed by atoms with Gasteiger partial charge in [-0.25, -0.2) is 4.98 Å². The molecule has 3 aromatic rings. The van der Waals surface area contributed by atoms with Crippen molar-refractivity contribution in [3.05, 3.63) is 80.9 Å². The number of benzene rings is 1. The first-order chi connectivity index (χ1) is 15.9. The summed E-state index contributed by atoms with van der Waals surface area (Å²) in [5.41, 5.74) is 1.30.